The normalized spacial score (nSPS) is 24.8. The van der Waals surface area contributed by atoms with Crippen LogP contribution < -0.4 is 0 Å². The summed E-state index contributed by atoms with van der Waals surface area (Å²) in [7, 11) is 0. The van der Waals surface area contributed by atoms with E-state index < -0.39 is 0 Å². The van der Waals surface area contributed by atoms with Crippen LogP contribution in [0.1, 0.15) is 37.3 Å². The van der Waals surface area contributed by atoms with Crippen LogP contribution >= 0.6 is 11.6 Å². The maximum atomic E-state index is 12.0. The van der Waals surface area contributed by atoms with E-state index in [2.05, 4.69) is 16.9 Å². The first kappa shape index (κ1) is 13.2. The minimum Gasteiger partial charge on any atom is -0.294 e. The Hall–Kier alpha value is -1.77. The van der Waals surface area contributed by atoms with E-state index in [9.17, 15) is 4.79 Å². The largest absolute Gasteiger partial charge is 0.294 e. The molecule has 0 amide bonds. The first-order chi connectivity index (χ1) is 9.56. The number of hydrogen-bond donors (Lipinski definition) is 0. The Balaban J connectivity index is 2.24. The van der Waals surface area contributed by atoms with Gasteiger partial charge in [0, 0.05) is 21.8 Å². The van der Waals surface area contributed by atoms with Gasteiger partial charge in [-0.15, -0.1) is 0 Å². The average molecular weight is 288 g/mol. The van der Waals surface area contributed by atoms with Gasteiger partial charge < -0.3 is 0 Å². The molecule has 0 saturated heterocycles. The van der Waals surface area contributed by atoms with Gasteiger partial charge in [0.1, 0.15) is 0 Å². The highest BCUT2D eigenvalue weighted by Crippen LogP contribution is 2.49. The van der Waals surface area contributed by atoms with Gasteiger partial charge in [-0.2, -0.15) is 0 Å². The number of carbonyl (C=O) groups excluding carboxylic acids is 1. The van der Waals surface area contributed by atoms with Gasteiger partial charge in [-0.3, -0.25) is 4.79 Å². The van der Waals surface area contributed by atoms with Crippen LogP contribution in [0.15, 0.2) is 34.6 Å². The number of allylic oxidation sites excluding steroid dienone is 2. The highest BCUT2D eigenvalue weighted by molar-refractivity contribution is 6.30. The lowest BCUT2D eigenvalue weighted by Crippen LogP contribution is -2.36. The molecule has 0 heterocycles. The van der Waals surface area contributed by atoms with E-state index in [1.54, 1.807) is 0 Å². The maximum Gasteiger partial charge on any atom is 0.165 e. The van der Waals surface area contributed by atoms with Crippen molar-refractivity contribution in [2.24, 2.45) is 5.11 Å². The number of carbonyl (C=O) groups is 1. The molecule has 0 aromatic heterocycles. The summed E-state index contributed by atoms with van der Waals surface area (Å²) in [6, 6.07) is 5.93. The van der Waals surface area contributed by atoms with Crippen molar-refractivity contribution in [1.29, 1.82) is 0 Å². The van der Waals surface area contributed by atoms with Gasteiger partial charge in [0.15, 0.2) is 5.78 Å². The number of azide groups is 1. The van der Waals surface area contributed by atoms with Crippen molar-refractivity contribution >= 4 is 17.4 Å². The molecular formula is C15H14ClN3O. The molecule has 1 aromatic rings. The fourth-order valence-electron chi connectivity index (χ4n) is 3.48. The monoisotopic (exact) mass is 287 g/mol. The highest BCUT2D eigenvalue weighted by Gasteiger charge is 2.41. The zero-order valence-corrected chi connectivity index (χ0v) is 11.9. The topological polar surface area (TPSA) is 65.8 Å². The molecule has 5 heteroatoms. The summed E-state index contributed by atoms with van der Waals surface area (Å²) < 4.78 is 0. The van der Waals surface area contributed by atoms with E-state index in [1.165, 1.54) is 11.1 Å². The van der Waals surface area contributed by atoms with E-state index in [0.29, 0.717) is 12.1 Å². The fourth-order valence-corrected chi connectivity index (χ4v) is 3.68. The molecule has 0 aliphatic heterocycles. The average Bonchev–Trinajstić information content (AvgIpc) is 2.42. The third kappa shape index (κ3) is 1.84. The Bertz CT molecular complexity index is 688. The molecule has 0 radical (unpaired) electrons. The second-order valence-electron chi connectivity index (χ2n) is 5.57. The zero-order chi connectivity index (χ0) is 14.3. The summed E-state index contributed by atoms with van der Waals surface area (Å²) in [4.78, 5) is 14.8. The second-order valence-corrected chi connectivity index (χ2v) is 6.01. The van der Waals surface area contributed by atoms with E-state index in [4.69, 9.17) is 17.1 Å². The van der Waals surface area contributed by atoms with Crippen LogP contribution in [0, 0.1) is 0 Å². The molecule has 1 aromatic carbocycles. The molecule has 2 aliphatic rings. The number of hydrogen-bond acceptors (Lipinski definition) is 2. The summed E-state index contributed by atoms with van der Waals surface area (Å²) in [6.45, 7) is 2.13. The number of nitrogens with zero attached hydrogens (tertiary/aromatic N) is 3. The van der Waals surface area contributed by atoms with Gasteiger partial charge >= 0.3 is 0 Å². The SMILES string of the molecule is C[C@]12CCC(=O)C(N=[N+]=[N-])=C1CCc1cc(Cl)ccc12. The molecule has 102 valence electrons. The van der Waals surface area contributed by atoms with Gasteiger partial charge in [0.25, 0.3) is 0 Å². The molecule has 0 bridgehead atoms. The first-order valence-electron chi connectivity index (χ1n) is 6.67. The van der Waals surface area contributed by atoms with Crippen LogP contribution in [-0.4, -0.2) is 5.78 Å². The van der Waals surface area contributed by atoms with Crippen LogP contribution in [0.4, 0.5) is 0 Å². The van der Waals surface area contributed by atoms with Crippen molar-refractivity contribution in [2.75, 3.05) is 0 Å². The molecule has 0 fully saturated rings. The Morgan fingerprint density at radius 2 is 2.15 bits per heavy atom. The smallest absolute Gasteiger partial charge is 0.165 e. The molecule has 0 spiro atoms. The fraction of sp³-hybridized carbons (Fsp3) is 0.400. The lowest BCUT2D eigenvalue weighted by Gasteiger charge is -2.42. The number of benzene rings is 1. The Kier molecular flexibility index (Phi) is 3.08. The highest BCUT2D eigenvalue weighted by atomic mass is 35.5. The third-order valence-electron chi connectivity index (χ3n) is 4.52. The summed E-state index contributed by atoms with van der Waals surface area (Å²) in [6.07, 6.45) is 2.78. The predicted octanol–water partition coefficient (Wildman–Crippen LogP) is 4.47. The maximum absolute atomic E-state index is 12.0. The van der Waals surface area contributed by atoms with Gasteiger partial charge in [0.2, 0.25) is 0 Å². The Morgan fingerprint density at radius 3 is 2.90 bits per heavy atom. The van der Waals surface area contributed by atoms with Crippen LogP contribution in [0.5, 0.6) is 0 Å². The summed E-state index contributed by atoms with van der Waals surface area (Å²) in [5, 5.41) is 4.41. The molecule has 0 N–H and O–H groups in total. The van der Waals surface area contributed by atoms with Crippen molar-refractivity contribution in [3.63, 3.8) is 0 Å². The second kappa shape index (κ2) is 4.65. The minimum absolute atomic E-state index is 0.0345. The van der Waals surface area contributed by atoms with E-state index in [-0.39, 0.29) is 11.2 Å². The number of ketones is 1. The van der Waals surface area contributed by atoms with Gasteiger partial charge in [-0.1, -0.05) is 29.7 Å². The molecule has 2 aliphatic carbocycles. The molecule has 4 nitrogen and oxygen atoms in total. The van der Waals surface area contributed by atoms with Gasteiger partial charge in [-0.25, -0.2) is 0 Å². The standard InChI is InChI=1S/C15H14ClN3O/c1-15-7-6-13(20)14(18-19-17)12(15)4-2-9-8-10(16)3-5-11(9)15/h3,5,8H,2,4,6-7H2,1H3/t15-/m1/s1. The van der Waals surface area contributed by atoms with E-state index >= 15 is 0 Å². The van der Waals surface area contributed by atoms with Crippen molar-refractivity contribution in [1.82, 2.24) is 0 Å². The van der Waals surface area contributed by atoms with Crippen molar-refractivity contribution < 1.29 is 4.79 Å². The number of Topliss-reactive ketones (excluding diaryl/α,β-unsaturated/α-hetero) is 1. The summed E-state index contributed by atoms with van der Waals surface area (Å²) >= 11 is 6.07. The molecular weight excluding hydrogens is 274 g/mol. The first-order valence-corrected chi connectivity index (χ1v) is 7.05. The lowest BCUT2D eigenvalue weighted by atomic mass is 9.62. The number of fused-ring (bicyclic) bond motifs is 3. The van der Waals surface area contributed by atoms with Crippen molar-refractivity contribution in [3.8, 4) is 0 Å². The number of aryl methyl sites for hydroxylation is 1. The molecule has 20 heavy (non-hydrogen) atoms. The van der Waals surface area contributed by atoms with Crippen LogP contribution in [0.3, 0.4) is 0 Å². The summed E-state index contributed by atoms with van der Waals surface area (Å²) in [5.74, 6) is -0.0345. The lowest BCUT2D eigenvalue weighted by molar-refractivity contribution is -0.116. The minimum atomic E-state index is -0.213. The quantitative estimate of drug-likeness (QED) is 0.427. The zero-order valence-electron chi connectivity index (χ0n) is 11.2. The van der Waals surface area contributed by atoms with Gasteiger partial charge in [0.05, 0.1) is 5.70 Å². The molecule has 0 unspecified atom stereocenters. The number of rotatable bonds is 1. The Morgan fingerprint density at radius 1 is 1.35 bits per heavy atom. The number of halogens is 1. The van der Waals surface area contributed by atoms with E-state index in [1.807, 2.05) is 18.2 Å². The van der Waals surface area contributed by atoms with Crippen molar-refractivity contribution in [2.45, 2.75) is 38.0 Å². The van der Waals surface area contributed by atoms with Crippen LogP contribution in [-0.2, 0) is 16.6 Å². The Labute approximate surface area is 122 Å². The van der Waals surface area contributed by atoms with Crippen molar-refractivity contribution in [3.05, 3.63) is 56.1 Å². The molecule has 1 atom stereocenters. The van der Waals surface area contributed by atoms with Gasteiger partial charge in [-0.05, 0) is 53.6 Å². The third-order valence-corrected chi connectivity index (χ3v) is 4.75. The summed E-state index contributed by atoms with van der Waals surface area (Å²) in [5.41, 5.74) is 12.3. The van der Waals surface area contributed by atoms with E-state index in [0.717, 1.165) is 29.9 Å². The molecule has 0 saturated carbocycles. The molecule has 3 rings (SSSR count). The van der Waals surface area contributed by atoms with Crippen LogP contribution in [0.2, 0.25) is 5.02 Å². The predicted molar refractivity (Wildman–Crippen MR) is 77.5 cm³/mol. The van der Waals surface area contributed by atoms with Crippen LogP contribution in [0.25, 0.3) is 10.4 Å².